The number of nitrogens with two attached hydrogens (primary N) is 1. The van der Waals surface area contributed by atoms with E-state index in [1.54, 1.807) is 23.2 Å². The maximum absolute atomic E-state index is 12.6. The molecule has 2 fully saturated rings. The lowest BCUT2D eigenvalue weighted by Crippen LogP contribution is -2.51. The second-order valence-electron chi connectivity index (χ2n) is 6.53. The number of aromatic nitrogens is 1. The Morgan fingerprint density at radius 1 is 1.19 bits per heavy atom. The minimum Gasteiger partial charge on any atom is -0.340 e. The van der Waals surface area contributed by atoms with Crippen LogP contribution in [0.15, 0.2) is 29.4 Å². The molecule has 26 heavy (non-hydrogen) atoms. The fraction of sp³-hybridized carbons (Fsp3) is 0.625. The fourth-order valence-electron chi connectivity index (χ4n) is 3.50. The molecule has 2 aliphatic rings. The van der Waals surface area contributed by atoms with E-state index in [1.165, 1.54) is 10.5 Å². The van der Waals surface area contributed by atoms with Crippen molar-refractivity contribution in [2.45, 2.75) is 36.6 Å². The second kappa shape index (κ2) is 9.85. The van der Waals surface area contributed by atoms with E-state index in [2.05, 4.69) is 4.98 Å². The number of hydrogen-bond acceptors (Lipinski definition) is 5. The monoisotopic (exact) mass is 424 g/mol. The van der Waals surface area contributed by atoms with Gasteiger partial charge in [0, 0.05) is 51.0 Å². The maximum atomic E-state index is 12.6. The highest BCUT2D eigenvalue weighted by atomic mass is 35.5. The Kier molecular flexibility index (Phi) is 8.75. The lowest BCUT2D eigenvalue weighted by Gasteiger charge is -2.34. The third-order valence-electron chi connectivity index (χ3n) is 5.02. The van der Waals surface area contributed by atoms with Crippen LogP contribution in [0.25, 0.3) is 0 Å². The van der Waals surface area contributed by atoms with Crippen molar-refractivity contribution in [2.75, 3.05) is 26.2 Å². The summed E-state index contributed by atoms with van der Waals surface area (Å²) in [7, 11) is -3.53. The second-order valence-corrected chi connectivity index (χ2v) is 8.47. The number of hydrogen-bond donors (Lipinski definition) is 1. The van der Waals surface area contributed by atoms with E-state index in [9.17, 15) is 13.2 Å². The first-order valence-corrected chi connectivity index (χ1v) is 9.86. The first-order valence-electron chi connectivity index (χ1n) is 8.42. The van der Waals surface area contributed by atoms with Crippen molar-refractivity contribution in [2.24, 2.45) is 11.7 Å². The highest BCUT2D eigenvalue weighted by Crippen LogP contribution is 2.27. The van der Waals surface area contributed by atoms with Gasteiger partial charge in [-0.2, -0.15) is 4.31 Å². The standard InChI is InChI=1S/C16H24N4O3S.2ClH/c17-15-5-1-3-13(15)11-16(21)19-7-9-20(10-8-19)24(22,23)14-4-2-6-18-12-14;;/h2,4,6,12-13,15H,1,3,5,7-11,17H2;2*1H/t13-,15+;;/m0../s1. The summed E-state index contributed by atoms with van der Waals surface area (Å²) in [5, 5.41) is 0. The molecule has 148 valence electrons. The van der Waals surface area contributed by atoms with Crippen molar-refractivity contribution in [1.29, 1.82) is 0 Å². The van der Waals surface area contributed by atoms with Gasteiger partial charge in [0.1, 0.15) is 4.90 Å². The quantitative estimate of drug-likeness (QED) is 0.784. The summed E-state index contributed by atoms with van der Waals surface area (Å²) >= 11 is 0. The average Bonchev–Trinajstić information content (AvgIpc) is 3.00. The molecule has 2 N–H and O–H groups in total. The van der Waals surface area contributed by atoms with Crippen LogP contribution in [0, 0.1) is 5.92 Å². The number of carbonyl (C=O) groups excluding carboxylic acids is 1. The maximum Gasteiger partial charge on any atom is 0.244 e. The van der Waals surface area contributed by atoms with Crippen LogP contribution in [0.3, 0.4) is 0 Å². The summed E-state index contributed by atoms with van der Waals surface area (Å²) in [6, 6.07) is 3.28. The molecule has 0 bridgehead atoms. The van der Waals surface area contributed by atoms with Crippen molar-refractivity contribution in [3.63, 3.8) is 0 Å². The predicted octanol–water partition coefficient (Wildman–Crippen LogP) is 1.28. The average molecular weight is 425 g/mol. The van der Waals surface area contributed by atoms with Gasteiger partial charge in [0.2, 0.25) is 15.9 Å². The summed E-state index contributed by atoms with van der Waals surface area (Å²) in [5.74, 6) is 0.366. The van der Waals surface area contributed by atoms with E-state index in [4.69, 9.17) is 5.73 Å². The summed E-state index contributed by atoms with van der Waals surface area (Å²) in [6.07, 6.45) is 6.49. The molecule has 0 aromatic carbocycles. The molecule has 2 atom stereocenters. The Hall–Kier alpha value is -0.930. The Morgan fingerprint density at radius 3 is 2.42 bits per heavy atom. The lowest BCUT2D eigenvalue weighted by molar-refractivity contribution is -0.133. The normalized spacial score (nSPS) is 23.8. The summed E-state index contributed by atoms with van der Waals surface area (Å²) in [4.78, 5) is 18.2. The third kappa shape index (κ3) is 5.07. The van der Waals surface area contributed by atoms with Crippen molar-refractivity contribution >= 4 is 40.7 Å². The number of nitrogens with zero attached hydrogens (tertiary/aromatic N) is 3. The van der Waals surface area contributed by atoms with Crippen LogP contribution >= 0.6 is 24.8 Å². The Labute approximate surface area is 167 Å². The van der Waals surface area contributed by atoms with Crippen molar-refractivity contribution in [3.8, 4) is 0 Å². The fourth-order valence-corrected chi connectivity index (χ4v) is 4.89. The predicted molar refractivity (Wildman–Crippen MR) is 104 cm³/mol. The van der Waals surface area contributed by atoms with Gasteiger partial charge in [0.15, 0.2) is 0 Å². The van der Waals surface area contributed by atoms with E-state index in [-0.39, 0.29) is 47.6 Å². The Bertz CT molecular complexity index is 682. The smallest absolute Gasteiger partial charge is 0.244 e. The molecule has 1 aromatic heterocycles. The molecule has 1 amide bonds. The summed E-state index contributed by atoms with van der Waals surface area (Å²) in [5.41, 5.74) is 6.04. The number of pyridine rings is 1. The Morgan fingerprint density at radius 2 is 1.88 bits per heavy atom. The van der Waals surface area contributed by atoms with Gasteiger partial charge in [-0.3, -0.25) is 9.78 Å². The molecule has 0 spiro atoms. The minimum absolute atomic E-state index is 0. The number of piperazine rings is 1. The zero-order valence-electron chi connectivity index (χ0n) is 14.5. The zero-order chi connectivity index (χ0) is 17.2. The van der Waals surface area contributed by atoms with Crippen LogP contribution in [0.2, 0.25) is 0 Å². The van der Waals surface area contributed by atoms with Crippen LogP contribution < -0.4 is 5.73 Å². The topological polar surface area (TPSA) is 96.6 Å². The highest BCUT2D eigenvalue weighted by Gasteiger charge is 2.32. The lowest BCUT2D eigenvalue weighted by atomic mass is 9.99. The molecular formula is C16H26Cl2N4O3S. The third-order valence-corrected chi connectivity index (χ3v) is 6.90. The molecule has 10 heteroatoms. The van der Waals surface area contributed by atoms with E-state index in [1.807, 2.05) is 0 Å². The van der Waals surface area contributed by atoms with Crippen LogP contribution in [-0.4, -0.2) is 60.7 Å². The van der Waals surface area contributed by atoms with Gasteiger partial charge in [0.25, 0.3) is 0 Å². The number of sulfonamides is 1. The molecule has 0 radical (unpaired) electrons. The van der Waals surface area contributed by atoms with Crippen LogP contribution in [0.1, 0.15) is 25.7 Å². The van der Waals surface area contributed by atoms with Gasteiger partial charge in [0.05, 0.1) is 0 Å². The van der Waals surface area contributed by atoms with E-state index in [0.717, 1.165) is 19.3 Å². The molecule has 1 aliphatic heterocycles. The molecule has 1 saturated carbocycles. The van der Waals surface area contributed by atoms with Gasteiger partial charge >= 0.3 is 0 Å². The van der Waals surface area contributed by atoms with Gasteiger partial charge < -0.3 is 10.6 Å². The molecule has 1 aromatic rings. The molecule has 1 aliphatic carbocycles. The molecule has 3 rings (SSSR count). The number of carbonyl (C=O) groups is 1. The van der Waals surface area contributed by atoms with Gasteiger partial charge in [-0.1, -0.05) is 6.42 Å². The first kappa shape index (κ1) is 23.1. The molecule has 1 saturated heterocycles. The number of amides is 1. The number of rotatable bonds is 4. The minimum atomic E-state index is -3.53. The van der Waals surface area contributed by atoms with E-state index < -0.39 is 10.0 Å². The summed E-state index contributed by atoms with van der Waals surface area (Å²) < 4.78 is 26.5. The van der Waals surface area contributed by atoms with Crippen molar-refractivity contribution in [1.82, 2.24) is 14.2 Å². The highest BCUT2D eigenvalue weighted by molar-refractivity contribution is 7.89. The SMILES string of the molecule is Cl.Cl.N[C@@H]1CCC[C@H]1CC(=O)N1CCN(S(=O)(=O)c2cccnc2)CC1. The largest absolute Gasteiger partial charge is 0.340 e. The Balaban J connectivity index is 0.00000169. The van der Waals surface area contributed by atoms with Crippen molar-refractivity contribution in [3.05, 3.63) is 24.5 Å². The molecule has 7 nitrogen and oxygen atoms in total. The number of halogens is 2. The molecule has 2 heterocycles. The van der Waals surface area contributed by atoms with Crippen LogP contribution in [0.4, 0.5) is 0 Å². The summed E-state index contributed by atoms with van der Waals surface area (Å²) in [6.45, 7) is 1.50. The van der Waals surface area contributed by atoms with Crippen molar-refractivity contribution < 1.29 is 13.2 Å². The van der Waals surface area contributed by atoms with Crippen LogP contribution in [0.5, 0.6) is 0 Å². The molecule has 0 unspecified atom stereocenters. The van der Waals surface area contributed by atoms with Crippen LogP contribution in [-0.2, 0) is 14.8 Å². The van der Waals surface area contributed by atoms with Gasteiger partial charge in [-0.25, -0.2) is 8.42 Å². The van der Waals surface area contributed by atoms with E-state index in [0.29, 0.717) is 32.6 Å². The molecular weight excluding hydrogens is 399 g/mol. The van der Waals surface area contributed by atoms with E-state index >= 15 is 0 Å². The first-order chi connectivity index (χ1) is 11.5. The zero-order valence-corrected chi connectivity index (χ0v) is 16.9. The van der Waals surface area contributed by atoms with Gasteiger partial charge in [-0.15, -0.1) is 24.8 Å². The van der Waals surface area contributed by atoms with Gasteiger partial charge in [-0.05, 0) is 30.9 Å².